The molecular weight excluding hydrogens is 493 g/mol. The maximum absolute atomic E-state index is 12.1. The number of unbranched alkanes of at least 4 members (excludes halogenated alkanes) is 12. The Bertz CT molecular complexity index is 622. The molecule has 0 rings (SSSR count). The van der Waals surface area contributed by atoms with Crippen LogP contribution < -0.4 is 0 Å². The maximum atomic E-state index is 12.1. The minimum Gasteiger partial charge on any atom is -0.458 e. The summed E-state index contributed by atoms with van der Waals surface area (Å²) in [5.74, 6) is -0.492. The number of esters is 1. The van der Waals surface area contributed by atoms with Gasteiger partial charge in [-0.3, -0.25) is 13.8 Å². The summed E-state index contributed by atoms with van der Waals surface area (Å²) in [6.07, 6.45) is 21.4. The number of likely N-dealkylation sites (N-methyl/N-ethyl adjacent to an activating group) is 1. The topological polar surface area (TPSA) is 91.3 Å². The van der Waals surface area contributed by atoms with Crippen molar-refractivity contribution in [3.63, 3.8) is 0 Å². The van der Waals surface area contributed by atoms with Gasteiger partial charge in [-0.15, -0.1) is 0 Å². The van der Waals surface area contributed by atoms with Crippen molar-refractivity contribution in [2.75, 3.05) is 54.1 Å². The highest BCUT2D eigenvalue weighted by atomic mass is 31.2. The van der Waals surface area contributed by atoms with Crippen LogP contribution in [0.5, 0.6) is 0 Å². The van der Waals surface area contributed by atoms with Gasteiger partial charge in [0.2, 0.25) is 0 Å². The molecule has 0 heterocycles. The van der Waals surface area contributed by atoms with E-state index in [-0.39, 0.29) is 19.8 Å². The van der Waals surface area contributed by atoms with Crippen LogP contribution in [-0.4, -0.2) is 75.6 Å². The largest absolute Gasteiger partial charge is 0.472 e. The Kier molecular flexibility index (Phi) is 22.7. The van der Waals surface area contributed by atoms with Crippen LogP contribution in [-0.2, 0) is 27.9 Å². The smallest absolute Gasteiger partial charge is 0.458 e. The van der Waals surface area contributed by atoms with E-state index in [9.17, 15) is 14.3 Å². The summed E-state index contributed by atoms with van der Waals surface area (Å²) >= 11 is 0. The maximum Gasteiger partial charge on any atom is 0.472 e. The van der Waals surface area contributed by atoms with Gasteiger partial charge < -0.3 is 18.9 Å². The number of nitrogens with zero attached hydrogens (tertiary/aromatic N) is 1. The minimum absolute atomic E-state index is 0.0853. The highest BCUT2D eigenvalue weighted by Crippen LogP contribution is 2.43. The number of rotatable bonds is 26. The van der Waals surface area contributed by atoms with Gasteiger partial charge in [0.05, 0.1) is 34.4 Å². The molecule has 0 amide bonds. The molecule has 1 N–H and O–H groups in total. The average Bonchev–Trinajstić information content (AvgIpc) is 2.80. The highest BCUT2D eigenvalue weighted by Gasteiger charge is 2.25. The van der Waals surface area contributed by atoms with Gasteiger partial charge >= 0.3 is 13.8 Å². The summed E-state index contributed by atoms with van der Waals surface area (Å²) in [6.45, 7) is 4.59. The van der Waals surface area contributed by atoms with Crippen molar-refractivity contribution in [3.05, 3.63) is 12.2 Å². The second kappa shape index (κ2) is 23.2. The van der Waals surface area contributed by atoms with Crippen LogP contribution in [0, 0.1) is 0 Å². The van der Waals surface area contributed by atoms with Gasteiger partial charge in [0, 0.05) is 13.5 Å². The van der Waals surface area contributed by atoms with Crippen LogP contribution >= 0.6 is 7.82 Å². The molecule has 0 saturated heterocycles. The first kappa shape index (κ1) is 36.2. The predicted octanol–water partition coefficient (Wildman–Crippen LogP) is 6.81. The number of ether oxygens (including phenoxy) is 2. The number of carbonyl (C=O) groups is 1. The second-order valence-corrected chi connectivity index (χ2v) is 12.3. The van der Waals surface area contributed by atoms with Gasteiger partial charge in [0.25, 0.3) is 0 Å². The minimum atomic E-state index is -4.22. The molecule has 0 aliphatic rings. The van der Waals surface area contributed by atoms with E-state index in [0.717, 1.165) is 12.8 Å². The van der Waals surface area contributed by atoms with Crippen LogP contribution in [0.25, 0.3) is 0 Å². The van der Waals surface area contributed by atoms with Crippen molar-refractivity contribution >= 4 is 13.8 Å². The van der Waals surface area contributed by atoms with Crippen LogP contribution in [0.15, 0.2) is 12.2 Å². The Morgan fingerprint density at radius 2 is 1.35 bits per heavy atom. The summed E-state index contributed by atoms with van der Waals surface area (Å²) in [6, 6.07) is 0. The molecule has 2 atom stereocenters. The molecule has 0 aromatic rings. The summed E-state index contributed by atoms with van der Waals surface area (Å²) < 4.78 is 33.4. The molecule has 0 fully saturated rings. The Hall–Kier alpha value is -0.760. The van der Waals surface area contributed by atoms with E-state index in [1.807, 2.05) is 21.1 Å². The van der Waals surface area contributed by atoms with Crippen molar-refractivity contribution in [3.8, 4) is 0 Å². The predicted molar refractivity (Wildman–Crippen MR) is 150 cm³/mol. The van der Waals surface area contributed by atoms with Crippen molar-refractivity contribution in [1.82, 2.24) is 0 Å². The normalized spacial score (nSPS) is 14.6. The molecule has 37 heavy (non-hydrogen) atoms. The van der Waals surface area contributed by atoms with E-state index in [1.54, 1.807) is 0 Å². The lowest BCUT2D eigenvalue weighted by Gasteiger charge is -2.24. The zero-order chi connectivity index (χ0) is 27.8. The lowest BCUT2D eigenvalue weighted by atomic mass is 10.1. The van der Waals surface area contributed by atoms with Crippen molar-refractivity contribution < 1.29 is 37.3 Å². The third-order valence-electron chi connectivity index (χ3n) is 5.88. The zero-order valence-corrected chi connectivity index (χ0v) is 25.4. The summed E-state index contributed by atoms with van der Waals surface area (Å²) in [7, 11) is 1.65. The fraction of sp³-hybridized carbons (Fsp3) is 0.893. The molecule has 0 aromatic heterocycles. The molecular formula is C28H57NO7P+. The van der Waals surface area contributed by atoms with E-state index in [1.165, 1.54) is 84.0 Å². The Morgan fingerprint density at radius 1 is 0.811 bits per heavy atom. The first-order valence-electron chi connectivity index (χ1n) is 14.4. The van der Waals surface area contributed by atoms with E-state index < -0.39 is 19.9 Å². The van der Waals surface area contributed by atoms with Crippen LogP contribution in [0.3, 0.4) is 0 Å². The molecule has 0 saturated carbocycles. The number of hydrogen-bond acceptors (Lipinski definition) is 6. The number of allylic oxidation sites excluding steroid dienone is 2. The Balaban J connectivity index is 3.77. The monoisotopic (exact) mass is 550 g/mol. The molecule has 8 nitrogen and oxygen atoms in total. The fourth-order valence-corrected chi connectivity index (χ4v) is 4.40. The average molecular weight is 551 g/mol. The highest BCUT2D eigenvalue weighted by molar-refractivity contribution is 7.47. The quantitative estimate of drug-likeness (QED) is 0.0416. The third-order valence-corrected chi connectivity index (χ3v) is 6.86. The van der Waals surface area contributed by atoms with Gasteiger partial charge in [0.15, 0.2) is 0 Å². The lowest BCUT2D eigenvalue weighted by Crippen LogP contribution is -2.37. The molecule has 9 heteroatoms. The molecule has 0 aliphatic carbocycles. The Labute approximate surface area is 227 Å². The van der Waals surface area contributed by atoms with Crippen LogP contribution in [0.2, 0.25) is 0 Å². The van der Waals surface area contributed by atoms with Gasteiger partial charge in [-0.2, -0.15) is 0 Å². The number of phosphoric ester groups is 1. The van der Waals surface area contributed by atoms with E-state index in [4.69, 9.17) is 18.5 Å². The van der Waals surface area contributed by atoms with Crippen molar-refractivity contribution in [2.45, 2.75) is 110 Å². The van der Waals surface area contributed by atoms with E-state index in [0.29, 0.717) is 17.6 Å². The summed E-state index contributed by atoms with van der Waals surface area (Å²) in [5.41, 5.74) is 0. The van der Waals surface area contributed by atoms with Crippen LogP contribution in [0.1, 0.15) is 104 Å². The first-order chi connectivity index (χ1) is 17.6. The van der Waals surface area contributed by atoms with Gasteiger partial charge in [-0.1, -0.05) is 76.9 Å². The molecule has 0 spiro atoms. The van der Waals surface area contributed by atoms with Gasteiger partial charge in [0.1, 0.15) is 19.3 Å². The van der Waals surface area contributed by atoms with E-state index >= 15 is 0 Å². The third kappa shape index (κ3) is 28.1. The zero-order valence-electron chi connectivity index (χ0n) is 24.5. The van der Waals surface area contributed by atoms with Crippen molar-refractivity contribution in [1.29, 1.82) is 0 Å². The molecule has 0 aromatic carbocycles. The van der Waals surface area contributed by atoms with Crippen LogP contribution in [0.4, 0.5) is 0 Å². The standard InChI is InChI=1S/C28H56NO7P/c1-6-7-8-9-10-11-12-13-14-15-16-17-18-19-20-21-23-33-25-28(36-27(2)30)26-35-37(31,32)34-24-22-29(3,4)5/h13-14,28H,6-12,15-26H2,1-5H3/p+1/b14-13+. The van der Waals surface area contributed by atoms with Gasteiger partial charge in [-0.25, -0.2) is 4.57 Å². The lowest BCUT2D eigenvalue weighted by molar-refractivity contribution is -0.870. The van der Waals surface area contributed by atoms with E-state index in [2.05, 4.69) is 19.1 Å². The van der Waals surface area contributed by atoms with Crippen molar-refractivity contribution in [2.24, 2.45) is 0 Å². The Morgan fingerprint density at radius 3 is 1.89 bits per heavy atom. The number of quaternary nitrogens is 1. The number of hydrogen-bond donors (Lipinski definition) is 1. The SMILES string of the molecule is CCCCCCCC/C=C/CCCCCCCCOCC(COP(=O)(O)OCC[N+](C)(C)C)OC(C)=O. The number of phosphoric acid groups is 1. The second-order valence-electron chi connectivity index (χ2n) is 10.9. The molecule has 220 valence electrons. The first-order valence-corrected chi connectivity index (χ1v) is 15.9. The van der Waals surface area contributed by atoms with Gasteiger partial charge in [-0.05, 0) is 32.1 Å². The molecule has 0 aliphatic heterocycles. The molecule has 0 radical (unpaired) electrons. The number of carbonyl (C=O) groups excluding carboxylic acids is 1. The molecule has 0 bridgehead atoms. The summed E-state index contributed by atoms with van der Waals surface area (Å²) in [5, 5.41) is 0. The molecule has 2 unspecified atom stereocenters. The summed E-state index contributed by atoms with van der Waals surface area (Å²) in [4.78, 5) is 21.2. The fourth-order valence-electron chi connectivity index (χ4n) is 3.66.